The van der Waals surface area contributed by atoms with Gasteiger partial charge in [-0.1, -0.05) is 12.1 Å². The van der Waals surface area contributed by atoms with Gasteiger partial charge in [0.2, 0.25) is 0 Å². The molecule has 1 amide bonds. The first-order valence-corrected chi connectivity index (χ1v) is 7.12. The van der Waals surface area contributed by atoms with Crippen molar-refractivity contribution in [3.63, 3.8) is 0 Å². The zero-order valence-corrected chi connectivity index (χ0v) is 13.3. The van der Waals surface area contributed by atoms with Crippen LogP contribution in [0.3, 0.4) is 0 Å². The summed E-state index contributed by atoms with van der Waals surface area (Å²) in [6, 6.07) is 4.66. The molecule has 0 bridgehead atoms. The van der Waals surface area contributed by atoms with Gasteiger partial charge in [-0.05, 0) is 44.9 Å². The quantitative estimate of drug-likeness (QED) is 0.894. The number of alkyl halides is 3. The Bertz CT molecular complexity index is 545. The number of carbonyl (C=O) groups is 2. The predicted octanol–water partition coefficient (Wildman–Crippen LogP) is 3.73. The monoisotopic (exact) mass is 331 g/mol. The molecule has 0 saturated heterocycles. The molecule has 4 nitrogen and oxygen atoms in total. The van der Waals surface area contributed by atoms with Crippen LogP contribution in [-0.2, 0) is 22.1 Å². The second-order valence-electron chi connectivity index (χ2n) is 6.09. The van der Waals surface area contributed by atoms with Crippen molar-refractivity contribution in [2.75, 3.05) is 6.54 Å². The van der Waals surface area contributed by atoms with Gasteiger partial charge >= 0.3 is 12.3 Å². The number of alkyl carbamates (subject to hydrolysis) is 1. The molecule has 0 aliphatic heterocycles. The minimum absolute atomic E-state index is 0.126. The van der Waals surface area contributed by atoms with Crippen LogP contribution < -0.4 is 5.32 Å². The van der Waals surface area contributed by atoms with Crippen LogP contribution in [0.15, 0.2) is 24.3 Å². The largest absolute Gasteiger partial charge is 0.444 e. The van der Waals surface area contributed by atoms with E-state index in [-0.39, 0.29) is 18.7 Å². The molecule has 0 unspecified atom stereocenters. The van der Waals surface area contributed by atoms with Gasteiger partial charge in [0, 0.05) is 6.42 Å². The fourth-order valence-corrected chi connectivity index (χ4v) is 1.72. The molecule has 0 heterocycles. The molecule has 0 aromatic heterocycles. The number of rotatable bonds is 5. The molecule has 1 rings (SSSR count). The highest BCUT2D eigenvalue weighted by molar-refractivity contribution is 5.84. The van der Waals surface area contributed by atoms with E-state index in [1.165, 1.54) is 12.1 Å². The summed E-state index contributed by atoms with van der Waals surface area (Å²) in [5.74, 6) is -0.226. The molecule has 0 atom stereocenters. The van der Waals surface area contributed by atoms with E-state index in [9.17, 15) is 22.8 Å². The molecule has 1 N–H and O–H groups in total. The van der Waals surface area contributed by atoms with Gasteiger partial charge < -0.3 is 10.1 Å². The van der Waals surface area contributed by atoms with Crippen LogP contribution in [0.2, 0.25) is 0 Å². The molecule has 1 aromatic rings. The number of Topliss-reactive ketones (excluding diaryl/α,β-unsaturated/α-hetero) is 1. The number of hydrogen-bond donors (Lipinski definition) is 1. The Labute approximate surface area is 133 Å². The Kier molecular flexibility index (Phi) is 6.18. The number of aryl methyl sites for hydroxylation is 1. The lowest BCUT2D eigenvalue weighted by molar-refractivity contribution is -0.137. The van der Waals surface area contributed by atoms with E-state index in [2.05, 4.69) is 5.32 Å². The fraction of sp³-hybridized carbons (Fsp3) is 0.500. The number of amides is 1. The van der Waals surface area contributed by atoms with Crippen LogP contribution in [0.5, 0.6) is 0 Å². The molecule has 23 heavy (non-hydrogen) atoms. The summed E-state index contributed by atoms with van der Waals surface area (Å²) in [4.78, 5) is 23.0. The van der Waals surface area contributed by atoms with Crippen molar-refractivity contribution < 1.29 is 27.5 Å². The van der Waals surface area contributed by atoms with Crippen molar-refractivity contribution in [3.05, 3.63) is 35.4 Å². The molecule has 0 spiro atoms. The van der Waals surface area contributed by atoms with Gasteiger partial charge in [-0.15, -0.1) is 0 Å². The van der Waals surface area contributed by atoms with Gasteiger partial charge in [0.1, 0.15) is 5.60 Å². The van der Waals surface area contributed by atoms with E-state index >= 15 is 0 Å². The Morgan fingerprint density at radius 1 is 1.09 bits per heavy atom. The van der Waals surface area contributed by atoms with Crippen LogP contribution in [0, 0.1) is 0 Å². The number of halogens is 3. The summed E-state index contributed by atoms with van der Waals surface area (Å²) >= 11 is 0. The Morgan fingerprint density at radius 3 is 2.13 bits per heavy atom. The van der Waals surface area contributed by atoms with Crippen molar-refractivity contribution >= 4 is 11.9 Å². The highest BCUT2D eigenvalue weighted by Crippen LogP contribution is 2.29. The maximum absolute atomic E-state index is 12.4. The molecule has 7 heteroatoms. The summed E-state index contributed by atoms with van der Waals surface area (Å²) in [5.41, 5.74) is -0.740. The van der Waals surface area contributed by atoms with E-state index in [1.54, 1.807) is 20.8 Å². The summed E-state index contributed by atoms with van der Waals surface area (Å²) in [5, 5.41) is 2.34. The molecule has 0 saturated carbocycles. The van der Waals surface area contributed by atoms with Gasteiger partial charge in [0.05, 0.1) is 12.1 Å². The number of hydrogen-bond acceptors (Lipinski definition) is 3. The normalized spacial score (nSPS) is 11.9. The molecular formula is C16H20F3NO3. The number of ether oxygens (including phenoxy) is 1. The van der Waals surface area contributed by atoms with Crippen molar-refractivity contribution in [2.45, 2.75) is 45.4 Å². The fourth-order valence-electron chi connectivity index (χ4n) is 1.72. The molecule has 1 aromatic carbocycles. The number of carbonyl (C=O) groups excluding carboxylic acids is 2. The van der Waals surface area contributed by atoms with E-state index < -0.39 is 23.4 Å². The predicted molar refractivity (Wildman–Crippen MR) is 79.0 cm³/mol. The van der Waals surface area contributed by atoms with Crippen molar-refractivity contribution in [3.8, 4) is 0 Å². The van der Waals surface area contributed by atoms with Gasteiger partial charge in [-0.2, -0.15) is 13.2 Å². The van der Waals surface area contributed by atoms with Gasteiger partial charge in [0.15, 0.2) is 5.78 Å². The van der Waals surface area contributed by atoms with E-state index in [0.717, 1.165) is 12.1 Å². The molecule has 0 aliphatic rings. The minimum Gasteiger partial charge on any atom is -0.444 e. The number of benzene rings is 1. The Hall–Kier alpha value is -2.05. The maximum atomic E-state index is 12.4. The second-order valence-corrected chi connectivity index (χ2v) is 6.09. The lowest BCUT2D eigenvalue weighted by atomic mass is 10.1. The minimum atomic E-state index is -4.37. The van der Waals surface area contributed by atoms with Gasteiger partial charge in [-0.25, -0.2) is 4.79 Å². The maximum Gasteiger partial charge on any atom is 0.416 e. The van der Waals surface area contributed by atoms with Crippen LogP contribution in [0.1, 0.15) is 38.3 Å². The van der Waals surface area contributed by atoms with Crippen molar-refractivity contribution in [1.82, 2.24) is 5.32 Å². The summed E-state index contributed by atoms with van der Waals surface area (Å²) in [7, 11) is 0. The van der Waals surface area contributed by atoms with Crippen LogP contribution in [0.25, 0.3) is 0 Å². The zero-order valence-electron chi connectivity index (χ0n) is 13.3. The average molecular weight is 331 g/mol. The average Bonchev–Trinajstić information content (AvgIpc) is 2.40. The molecule has 0 aliphatic carbocycles. The highest BCUT2D eigenvalue weighted by atomic mass is 19.4. The molecule has 0 fully saturated rings. The molecule has 0 radical (unpaired) electrons. The highest BCUT2D eigenvalue weighted by Gasteiger charge is 2.29. The third-order valence-corrected chi connectivity index (χ3v) is 2.80. The standard InChI is InChI=1S/C16H20F3NO3/c1-15(2,3)23-14(22)20-10-13(21)9-6-11-4-7-12(8-5-11)16(17,18)19/h4-5,7-8H,6,9-10H2,1-3H3,(H,20,22). The number of nitrogens with one attached hydrogen (secondary N) is 1. The van der Waals surface area contributed by atoms with E-state index in [0.29, 0.717) is 12.0 Å². The third-order valence-electron chi connectivity index (χ3n) is 2.80. The lowest BCUT2D eigenvalue weighted by Gasteiger charge is -2.19. The Balaban J connectivity index is 2.38. The van der Waals surface area contributed by atoms with Crippen molar-refractivity contribution in [1.29, 1.82) is 0 Å². The van der Waals surface area contributed by atoms with Crippen LogP contribution >= 0.6 is 0 Å². The summed E-state index contributed by atoms with van der Waals surface area (Å²) in [6.45, 7) is 4.95. The van der Waals surface area contributed by atoms with Gasteiger partial charge in [-0.3, -0.25) is 4.79 Å². The SMILES string of the molecule is CC(C)(C)OC(=O)NCC(=O)CCc1ccc(C(F)(F)F)cc1. The second kappa shape index (κ2) is 7.48. The zero-order chi connectivity index (χ0) is 17.7. The number of ketones is 1. The van der Waals surface area contributed by atoms with Gasteiger partial charge in [0.25, 0.3) is 0 Å². The topological polar surface area (TPSA) is 55.4 Å². The Morgan fingerprint density at radius 2 is 1.65 bits per heavy atom. The van der Waals surface area contributed by atoms with Crippen LogP contribution in [0.4, 0.5) is 18.0 Å². The van der Waals surface area contributed by atoms with E-state index in [4.69, 9.17) is 4.74 Å². The first-order chi connectivity index (χ1) is 10.5. The first kappa shape index (κ1) is 19.0. The van der Waals surface area contributed by atoms with Crippen LogP contribution in [-0.4, -0.2) is 24.0 Å². The smallest absolute Gasteiger partial charge is 0.416 e. The molecule has 128 valence electrons. The lowest BCUT2D eigenvalue weighted by Crippen LogP contribution is -2.35. The van der Waals surface area contributed by atoms with E-state index in [1.807, 2.05) is 0 Å². The summed E-state index contributed by atoms with van der Waals surface area (Å²) < 4.78 is 42.2. The van der Waals surface area contributed by atoms with Crippen molar-refractivity contribution in [2.24, 2.45) is 0 Å². The molecular weight excluding hydrogens is 311 g/mol. The third kappa shape index (κ3) is 7.67. The summed E-state index contributed by atoms with van der Waals surface area (Å²) in [6.07, 6.45) is -4.61. The first-order valence-electron chi connectivity index (χ1n) is 7.12.